The third-order valence-corrected chi connectivity index (χ3v) is 5.00. The van der Waals surface area contributed by atoms with E-state index in [4.69, 9.17) is 0 Å². The molecule has 0 bridgehead atoms. The van der Waals surface area contributed by atoms with E-state index in [1.807, 2.05) is 60.7 Å². The Morgan fingerprint density at radius 2 is 1.67 bits per heavy atom. The summed E-state index contributed by atoms with van der Waals surface area (Å²) in [7, 11) is 0. The summed E-state index contributed by atoms with van der Waals surface area (Å²) in [6.45, 7) is 3.12. The zero-order chi connectivity index (χ0) is 18.6. The van der Waals surface area contributed by atoms with E-state index in [0.29, 0.717) is 11.8 Å². The second-order valence-corrected chi connectivity index (χ2v) is 6.88. The normalized spacial score (nSPS) is 16.4. The molecule has 136 valence electrons. The maximum atomic E-state index is 14.8. The van der Waals surface area contributed by atoms with E-state index >= 15 is 0 Å². The number of aromatic nitrogens is 1. The van der Waals surface area contributed by atoms with Crippen molar-refractivity contribution in [3.05, 3.63) is 89.9 Å². The van der Waals surface area contributed by atoms with Crippen molar-refractivity contribution < 1.29 is 4.39 Å². The molecule has 1 aliphatic heterocycles. The molecular weight excluding hydrogens is 337 g/mol. The van der Waals surface area contributed by atoms with Crippen molar-refractivity contribution in [2.24, 2.45) is 4.99 Å². The first-order valence-corrected chi connectivity index (χ1v) is 9.34. The van der Waals surface area contributed by atoms with Crippen LogP contribution >= 0.6 is 0 Å². The predicted octanol–water partition coefficient (Wildman–Crippen LogP) is 5.38. The highest BCUT2D eigenvalue weighted by Crippen LogP contribution is 2.28. The summed E-state index contributed by atoms with van der Waals surface area (Å²) in [6, 6.07) is 21.6. The van der Waals surface area contributed by atoms with Crippen LogP contribution in [0.2, 0.25) is 0 Å². The van der Waals surface area contributed by atoms with Crippen molar-refractivity contribution in [2.75, 3.05) is 11.4 Å². The fraction of sp³-hybridized carbons (Fsp3) is 0.217. The molecule has 3 nitrogen and oxygen atoms in total. The van der Waals surface area contributed by atoms with Crippen LogP contribution in [-0.2, 0) is 0 Å². The number of hydrogen-bond acceptors (Lipinski definition) is 3. The Bertz CT molecular complexity index is 897. The average Bonchev–Trinajstić information content (AvgIpc) is 3.14. The lowest BCUT2D eigenvalue weighted by Gasteiger charge is -2.23. The van der Waals surface area contributed by atoms with E-state index in [1.165, 1.54) is 0 Å². The number of aliphatic imine (C=N–C) groups is 1. The van der Waals surface area contributed by atoms with Gasteiger partial charge in [0.2, 0.25) is 0 Å². The summed E-state index contributed by atoms with van der Waals surface area (Å²) < 4.78 is 14.8. The number of anilines is 1. The molecule has 1 aromatic heterocycles. The minimum atomic E-state index is -0.393. The molecule has 3 aromatic rings. The highest BCUT2D eigenvalue weighted by molar-refractivity contribution is 6.13. The number of nitrogens with zero attached hydrogens (tertiary/aromatic N) is 3. The minimum Gasteiger partial charge on any atom is -0.367 e. The van der Waals surface area contributed by atoms with Crippen molar-refractivity contribution in [1.29, 1.82) is 0 Å². The first-order valence-electron chi connectivity index (χ1n) is 9.34. The van der Waals surface area contributed by atoms with Gasteiger partial charge in [0.1, 0.15) is 0 Å². The van der Waals surface area contributed by atoms with Crippen LogP contribution in [0.15, 0.2) is 77.9 Å². The lowest BCUT2D eigenvalue weighted by atomic mass is 10.0. The monoisotopic (exact) mass is 359 g/mol. The zero-order valence-electron chi connectivity index (χ0n) is 15.3. The summed E-state index contributed by atoms with van der Waals surface area (Å²) in [5, 5.41) is 0. The molecule has 1 aliphatic rings. The molecule has 0 aliphatic carbocycles. The molecule has 27 heavy (non-hydrogen) atoms. The zero-order valence-corrected chi connectivity index (χ0v) is 15.3. The standard InChI is InChI=1S/C23H22FN3/c1-17-9-8-14-27(17)20-15-21(24)23(25-16-20)26-22(18-10-4-2-5-11-18)19-12-6-3-7-13-19/h2-7,10-13,15-17H,8-9,14H2,1H3. The Balaban J connectivity index is 1.74. The van der Waals surface area contributed by atoms with Crippen LogP contribution in [0.25, 0.3) is 0 Å². The van der Waals surface area contributed by atoms with Crippen LogP contribution in [0.1, 0.15) is 30.9 Å². The summed E-state index contributed by atoms with van der Waals surface area (Å²) >= 11 is 0. The Labute approximate surface area is 159 Å². The van der Waals surface area contributed by atoms with Gasteiger partial charge in [-0.05, 0) is 19.8 Å². The molecular formula is C23H22FN3. The highest BCUT2D eigenvalue weighted by atomic mass is 19.1. The molecule has 0 saturated carbocycles. The summed E-state index contributed by atoms with van der Waals surface area (Å²) in [5.41, 5.74) is 3.41. The maximum absolute atomic E-state index is 14.8. The van der Waals surface area contributed by atoms with E-state index in [1.54, 1.807) is 12.3 Å². The third kappa shape index (κ3) is 3.75. The highest BCUT2D eigenvalue weighted by Gasteiger charge is 2.22. The number of rotatable bonds is 4. The van der Waals surface area contributed by atoms with Crippen LogP contribution in [0.4, 0.5) is 15.9 Å². The largest absolute Gasteiger partial charge is 0.367 e. The summed E-state index contributed by atoms with van der Waals surface area (Å²) in [4.78, 5) is 11.1. The second kappa shape index (κ2) is 7.70. The Morgan fingerprint density at radius 3 is 2.19 bits per heavy atom. The SMILES string of the molecule is CC1CCCN1c1cnc(N=C(c2ccccc2)c2ccccc2)c(F)c1. The fourth-order valence-electron chi connectivity index (χ4n) is 3.57. The number of hydrogen-bond donors (Lipinski definition) is 0. The Morgan fingerprint density at radius 1 is 1.04 bits per heavy atom. The molecule has 1 saturated heterocycles. The van der Waals surface area contributed by atoms with Gasteiger partial charge in [0, 0.05) is 29.8 Å². The van der Waals surface area contributed by atoms with E-state index in [9.17, 15) is 4.39 Å². The molecule has 1 unspecified atom stereocenters. The third-order valence-electron chi connectivity index (χ3n) is 5.00. The first kappa shape index (κ1) is 17.4. The second-order valence-electron chi connectivity index (χ2n) is 6.88. The topological polar surface area (TPSA) is 28.5 Å². The van der Waals surface area contributed by atoms with Gasteiger partial charge in [0.15, 0.2) is 11.6 Å². The molecule has 4 heteroatoms. The van der Waals surface area contributed by atoms with E-state index < -0.39 is 5.82 Å². The Hall–Kier alpha value is -3.01. The molecule has 4 rings (SSSR count). The predicted molar refractivity (Wildman–Crippen MR) is 108 cm³/mol. The molecule has 0 spiro atoms. The smallest absolute Gasteiger partial charge is 0.189 e. The molecule has 0 N–H and O–H groups in total. The fourth-order valence-corrected chi connectivity index (χ4v) is 3.57. The molecule has 2 aromatic carbocycles. The van der Waals surface area contributed by atoms with Gasteiger partial charge in [-0.25, -0.2) is 14.4 Å². The summed E-state index contributed by atoms with van der Waals surface area (Å²) in [5.74, 6) is -0.274. The van der Waals surface area contributed by atoms with Gasteiger partial charge in [-0.15, -0.1) is 0 Å². The van der Waals surface area contributed by atoms with Crippen LogP contribution in [0.3, 0.4) is 0 Å². The molecule has 0 amide bonds. The quantitative estimate of drug-likeness (QED) is 0.585. The van der Waals surface area contributed by atoms with Crippen LogP contribution < -0.4 is 4.90 Å². The van der Waals surface area contributed by atoms with Crippen molar-refractivity contribution in [3.63, 3.8) is 0 Å². The average molecular weight is 359 g/mol. The van der Waals surface area contributed by atoms with Gasteiger partial charge in [-0.2, -0.15) is 0 Å². The van der Waals surface area contributed by atoms with Gasteiger partial charge in [-0.1, -0.05) is 60.7 Å². The van der Waals surface area contributed by atoms with E-state index in [0.717, 1.165) is 36.2 Å². The van der Waals surface area contributed by atoms with E-state index in [2.05, 4.69) is 21.8 Å². The number of halogens is 1. The molecule has 0 radical (unpaired) electrons. The Kier molecular flexibility index (Phi) is 4.97. The summed E-state index contributed by atoms with van der Waals surface area (Å²) in [6.07, 6.45) is 4.00. The maximum Gasteiger partial charge on any atom is 0.189 e. The van der Waals surface area contributed by atoms with Crippen molar-refractivity contribution in [2.45, 2.75) is 25.8 Å². The van der Waals surface area contributed by atoms with Crippen LogP contribution in [0.5, 0.6) is 0 Å². The van der Waals surface area contributed by atoms with Crippen LogP contribution in [0, 0.1) is 5.82 Å². The van der Waals surface area contributed by atoms with Crippen molar-refractivity contribution in [3.8, 4) is 0 Å². The van der Waals surface area contributed by atoms with Gasteiger partial charge in [0.05, 0.1) is 17.6 Å². The number of benzene rings is 2. The van der Waals surface area contributed by atoms with Crippen LogP contribution in [-0.4, -0.2) is 23.3 Å². The van der Waals surface area contributed by atoms with Gasteiger partial charge >= 0.3 is 0 Å². The van der Waals surface area contributed by atoms with Crippen molar-refractivity contribution >= 4 is 17.2 Å². The van der Waals surface area contributed by atoms with Gasteiger partial charge < -0.3 is 4.90 Å². The lowest BCUT2D eigenvalue weighted by Crippen LogP contribution is -2.26. The van der Waals surface area contributed by atoms with E-state index in [-0.39, 0.29) is 5.82 Å². The lowest BCUT2D eigenvalue weighted by molar-refractivity contribution is 0.621. The number of pyridine rings is 1. The van der Waals surface area contributed by atoms with Crippen molar-refractivity contribution in [1.82, 2.24) is 4.98 Å². The molecule has 1 atom stereocenters. The first-order chi connectivity index (χ1) is 13.2. The van der Waals surface area contributed by atoms with Gasteiger partial charge in [-0.3, -0.25) is 0 Å². The van der Waals surface area contributed by atoms with Gasteiger partial charge in [0.25, 0.3) is 0 Å². The molecule has 1 fully saturated rings. The molecule has 2 heterocycles. The minimum absolute atomic E-state index is 0.119.